The smallest absolute Gasteiger partial charge is 0.309 e. The van der Waals surface area contributed by atoms with Gasteiger partial charge in [0.2, 0.25) is 0 Å². The Balaban J connectivity index is 2.69. The molecule has 1 unspecified atom stereocenters. The van der Waals surface area contributed by atoms with Crippen LogP contribution in [-0.4, -0.2) is 22.1 Å². The number of carbonyl (C=O) groups is 1. The highest BCUT2D eigenvalue weighted by molar-refractivity contribution is 5.72. The highest BCUT2D eigenvalue weighted by Crippen LogP contribution is 2.15. The number of aryl methyl sites for hydroxylation is 1. The molecule has 0 aliphatic carbocycles. The van der Waals surface area contributed by atoms with E-state index in [4.69, 9.17) is 4.74 Å². The molecule has 0 spiro atoms. The van der Waals surface area contributed by atoms with Gasteiger partial charge in [-0.2, -0.15) is 0 Å². The number of aromatic nitrogens is 2. The van der Waals surface area contributed by atoms with E-state index in [2.05, 4.69) is 23.4 Å². The molecule has 0 aliphatic heterocycles. The summed E-state index contributed by atoms with van der Waals surface area (Å²) in [6, 6.07) is 0. The third kappa shape index (κ3) is 3.88. The van der Waals surface area contributed by atoms with E-state index >= 15 is 0 Å². The van der Waals surface area contributed by atoms with E-state index < -0.39 is 0 Å². The maximum absolute atomic E-state index is 11.8. The fraction of sp³-hybridized carbons (Fsp3) is 0.692. The molecule has 0 radical (unpaired) electrons. The third-order valence-corrected chi connectivity index (χ3v) is 2.83. The number of imidazole rings is 1. The van der Waals surface area contributed by atoms with Crippen LogP contribution in [0.4, 0.5) is 0 Å². The molecule has 1 aromatic heterocycles. The molecule has 0 saturated carbocycles. The minimum absolute atomic E-state index is 0.0624. The highest BCUT2D eigenvalue weighted by Gasteiger charge is 2.21. The van der Waals surface area contributed by atoms with Crippen LogP contribution in [0, 0.1) is 5.92 Å². The Kier molecular flexibility index (Phi) is 5.73. The molecule has 0 saturated heterocycles. The van der Waals surface area contributed by atoms with E-state index in [0.717, 1.165) is 25.2 Å². The molecule has 17 heavy (non-hydrogen) atoms. The quantitative estimate of drug-likeness (QED) is 0.685. The Labute approximate surface area is 103 Å². The molecule has 0 aromatic carbocycles. The molecule has 0 aliphatic rings. The Morgan fingerprint density at radius 2 is 2.24 bits per heavy atom. The molecular weight excluding hydrogens is 216 g/mol. The minimum atomic E-state index is -0.0972. The molecule has 1 rings (SSSR count). The fourth-order valence-electron chi connectivity index (χ4n) is 1.95. The van der Waals surface area contributed by atoms with E-state index in [1.807, 2.05) is 13.1 Å². The zero-order valence-electron chi connectivity index (χ0n) is 11.0. The van der Waals surface area contributed by atoms with Crippen molar-refractivity contribution in [3.05, 3.63) is 18.2 Å². The molecule has 0 bridgehead atoms. The van der Waals surface area contributed by atoms with Gasteiger partial charge in [-0.3, -0.25) is 4.79 Å². The number of nitrogens with zero attached hydrogens (tertiary/aromatic N) is 2. The van der Waals surface area contributed by atoms with Crippen LogP contribution in [0.2, 0.25) is 0 Å². The Morgan fingerprint density at radius 1 is 1.47 bits per heavy atom. The van der Waals surface area contributed by atoms with Crippen molar-refractivity contribution in [1.82, 2.24) is 9.55 Å². The number of rotatable bonds is 7. The Bertz CT molecular complexity index is 347. The monoisotopic (exact) mass is 238 g/mol. The van der Waals surface area contributed by atoms with Crippen molar-refractivity contribution in [2.24, 2.45) is 5.92 Å². The SMILES string of the molecule is CCCC(Cc1nccn1CC)C(=O)OCC. The van der Waals surface area contributed by atoms with Gasteiger partial charge in [-0.05, 0) is 20.3 Å². The molecule has 4 heteroatoms. The van der Waals surface area contributed by atoms with Gasteiger partial charge in [0.05, 0.1) is 12.5 Å². The van der Waals surface area contributed by atoms with E-state index in [-0.39, 0.29) is 11.9 Å². The maximum atomic E-state index is 11.8. The summed E-state index contributed by atoms with van der Waals surface area (Å²) >= 11 is 0. The third-order valence-electron chi connectivity index (χ3n) is 2.83. The predicted molar refractivity (Wildman–Crippen MR) is 66.6 cm³/mol. The first kappa shape index (κ1) is 13.7. The lowest BCUT2D eigenvalue weighted by atomic mass is 9.99. The summed E-state index contributed by atoms with van der Waals surface area (Å²) in [6.07, 6.45) is 6.25. The second kappa shape index (κ2) is 7.09. The highest BCUT2D eigenvalue weighted by atomic mass is 16.5. The normalized spacial score (nSPS) is 12.4. The van der Waals surface area contributed by atoms with Crippen molar-refractivity contribution < 1.29 is 9.53 Å². The second-order valence-corrected chi connectivity index (χ2v) is 4.07. The lowest BCUT2D eigenvalue weighted by Gasteiger charge is -2.14. The van der Waals surface area contributed by atoms with Gasteiger partial charge in [0.25, 0.3) is 0 Å². The largest absolute Gasteiger partial charge is 0.466 e. The van der Waals surface area contributed by atoms with Crippen molar-refractivity contribution in [3.8, 4) is 0 Å². The number of ether oxygens (including phenoxy) is 1. The van der Waals surface area contributed by atoms with Gasteiger partial charge < -0.3 is 9.30 Å². The fourth-order valence-corrected chi connectivity index (χ4v) is 1.95. The van der Waals surface area contributed by atoms with E-state index in [9.17, 15) is 4.79 Å². The van der Waals surface area contributed by atoms with Gasteiger partial charge in [-0.1, -0.05) is 13.3 Å². The lowest BCUT2D eigenvalue weighted by molar-refractivity contribution is -0.148. The lowest BCUT2D eigenvalue weighted by Crippen LogP contribution is -2.21. The molecule has 1 atom stereocenters. The van der Waals surface area contributed by atoms with Crippen LogP contribution in [-0.2, 0) is 22.5 Å². The predicted octanol–water partition coefficient (Wildman–Crippen LogP) is 2.42. The van der Waals surface area contributed by atoms with Crippen LogP contribution in [0.5, 0.6) is 0 Å². The van der Waals surface area contributed by atoms with Gasteiger partial charge in [-0.15, -0.1) is 0 Å². The molecule has 0 amide bonds. The molecule has 1 heterocycles. The van der Waals surface area contributed by atoms with E-state index in [1.54, 1.807) is 6.20 Å². The van der Waals surface area contributed by atoms with Crippen LogP contribution >= 0.6 is 0 Å². The number of esters is 1. The summed E-state index contributed by atoms with van der Waals surface area (Å²) in [5.41, 5.74) is 0. The molecule has 1 aromatic rings. The van der Waals surface area contributed by atoms with Crippen LogP contribution in [0.1, 0.15) is 39.4 Å². The number of hydrogen-bond acceptors (Lipinski definition) is 3. The summed E-state index contributed by atoms with van der Waals surface area (Å²) in [6.45, 7) is 7.33. The number of hydrogen-bond donors (Lipinski definition) is 0. The molecule has 0 N–H and O–H groups in total. The topological polar surface area (TPSA) is 44.1 Å². The number of carbonyl (C=O) groups excluding carboxylic acids is 1. The summed E-state index contributed by atoms with van der Waals surface area (Å²) in [5.74, 6) is 0.812. The first-order valence-electron chi connectivity index (χ1n) is 6.39. The summed E-state index contributed by atoms with van der Waals surface area (Å²) in [7, 11) is 0. The van der Waals surface area contributed by atoms with Crippen LogP contribution < -0.4 is 0 Å². The molecule has 0 fully saturated rings. The zero-order chi connectivity index (χ0) is 12.7. The van der Waals surface area contributed by atoms with Crippen LogP contribution in [0.3, 0.4) is 0 Å². The van der Waals surface area contributed by atoms with Crippen molar-refractivity contribution in [1.29, 1.82) is 0 Å². The van der Waals surface area contributed by atoms with E-state index in [0.29, 0.717) is 13.0 Å². The van der Waals surface area contributed by atoms with Crippen LogP contribution in [0.25, 0.3) is 0 Å². The second-order valence-electron chi connectivity index (χ2n) is 4.07. The van der Waals surface area contributed by atoms with Crippen molar-refractivity contribution in [2.45, 2.75) is 46.6 Å². The Hall–Kier alpha value is -1.32. The summed E-state index contributed by atoms with van der Waals surface area (Å²) < 4.78 is 7.17. The first-order valence-corrected chi connectivity index (χ1v) is 6.39. The van der Waals surface area contributed by atoms with Crippen LogP contribution in [0.15, 0.2) is 12.4 Å². The summed E-state index contributed by atoms with van der Waals surface area (Å²) in [5, 5.41) is 0. The first-order chi connectivity index (χ1) is 8.22. The molecule has 96 valence electrons. The van der Waals surface area contributed by atoms with Gasteiger partial charge in [-0.25, -0.2) is 4.98 Å². The summed E-state index contributed by atoms with van der Waals surface area (Å²) in [4.78, 5) is 16.1. The minimum Gasteiger partial charge on any atom is -0.466 e. The van der Waals surface area contributed by atoms with Gasteiger partial charge >= 0.3 is 5.97 Å². The molecule has 4 nitrogen and oxygen atoms in total. The maximum Gasteiger partial charge on any atom is 0.309 e. The average molecular weight is 238 g/mol. The standard InChI is InChI=1S/C13H22N2O2/c1-4-7-11(13(16)17-6-3)10-12-14-8-9-15(12)5-2/h8-9,11H,4-7,10H2,1-3H3. The van der Waals surface area contributed by atoms with Crippen molar-refractivity contribution in [3.63, 3.8) is 0 Å². The Morgan fingerprint density at radius 3 is 2.82 bits per heavy atom. The van der Waals surface area contributed by atoms with Gasteiger partial charge in [0, 0.05) is 25.4 Å². The van der Waals surface area contributed by atoms with Crippen molar-refractivity contribution in [2.75, 3.05) is 6.61 Å². The zero-order valence-corrected chi connectivity index (χ0v) is 11.0. The molecular formula is C13H22N2O2. The van der Waals surface area contributed by atoms with Crippen molar-refractivity contribution >= 4 is 5.97 Å². The van der Waals surface area contributed by atoms with Gasteiger partial charge in [0.15, 0.2) is 0 Å². The van der Waals surface area contributed by atoms with E-state index in [1.165, 1.54) is 0 Å². The van der Waals surface area contributed by atoms with Gasteiger partial charge in [0.1, 0.15) is 5.82 Å². The average Bonchev–Trinajstić information content (AvgIpc) is 2.76.